The molecule has 82 valence electrons. The molecule has 1 aliphatic heterocycles. The molecule has 0 saturated heterocycles. The minimum absolute atomic E-state index is 0.233. The average molecular weight is 337 g/mol. The third-order valence-electron chi connectivity index (χ3n) is 2.58. The van der Waals surface area contributed by atoms with Crippen LogP contribution in [0.15, 0.2) is 12.1 Å². The number of fused-ring (bicyclic) bond motifs is 1. The number of halogens is 1. The summed E-state index contributed by atoms with van der Waals surface area (Å²) < 4.78 is 7.37. The lowest BCUT2D eigenvalue weighted by Gasteiger charge is -2.26. The highest BCUT2D eigenvalue weighted by atomic mass is 127. The molecule has 0 spiro atoms. The van der Waals surface area contributed by atoms with Gasteiger partial charge in [0.25, 0.3) is 0 Å². The second-order valence-corrected chi connectivity index (χ2v) is 5.31. The van der Waals surface area contributed by atoms with Gasteiger partial charge in [-0.2, -0.15) is 0 Å². The topological polar surface area (TPSA) is 32.7 Å². The van der Waals surface area contributed by atoms with Gasteiger partial charge in [-0.1, -0.05) is 0 Å². The molecule has 0 bridgehead atoms. The van der Waals surface area contributed by atoms with E-state index in [-0.39, 0.29) is 5.75 Å². The summed E-state index contributed by atoms with van der Waals surface area (Å²) in [5.41, 5.74) is 2.48. The minimum atomic E-state index is 0.233. The minimum Gasteiger partial charge on any atom is -0.504 e. The van der Waals surface area contributed by atoms with E-state index in [4.69, 9.17) is 4.74 Å². The number of ether oxygens (including phenoxy) is 1. The van der Waals surface area contributed by atoms with E-state index in [9.17, 15) is 5.11 Å². The number of hydrogen-bond donors (Lipinski definition) is 1. The van der Waals surface area contributed by atoms with Crippen molar-refractivity contribution in [3.05, 3.63) is 23.3 Å². The lowest BCUT2D eigenvalue weighted by molar-refractivity contribution is 0.369. The summed E-state index contributed by atoms with van der Waals surface area (Å²) in [5, 5.41) is 9.67. The fraction of sp³-hybridized carbons (Fsp3) is 0.400. The monoisotopic (exact) mass is 337 g/mol. The van der Waals surface area contributed by atoms with E-state index in [0.717, 1.165) is 19.5 Å². The van der Waals surface area contributed by atoms with Gasteiger partial charge >= 0.3 is 0 Å². The van der Waals surface area contributed by atoms with E-state index in [0.29, 0.717) is 5.75 Å². The summed E-state index contributed by atoms with van der Waals surface area (Å²) >= 11 is 2.28. The standard InChI is InChI=1S/C10H12INO2S/c1-14-10-5-7-2-3-12(15-11)6-8(7)4-9(10)13/h4-5,13H,2-3,6H2,1H3. The maximum absolute atomic E-state index is 9.67. The summed E-state index contributed by atoms with van der Waals surface area (Å²) in [6, 6.07) is 3.76. The van der Waals surface area contributed by atoms with E-state index in [1.807, 2.05) is 12.1 Å². The van der Waals surface area contributed by atoms with Crippen molar-refractivity contribution in [2.45, 2.75) is 13.0 Å². The maximum Gasteiger partial charge on any atom is 0.160 e. The SMILES string of the molecule is COc1cc2c(cc1O)CN(SI)CC2. The van der Waals surface area contributed by atoms with Crippen LogP contribution < -0.4 is 4.74 Å². The van der Waals surface area contributed by atoms with Crippen LogP contribution in [0, 0.1) is 0 Å². The van der Waals surface area contributed by atoms with Gasteiger partial charge in [-0.05, 0) is 38.8 Å². The number of rotatable bonds is 2. The van der Waals surface area contributed by atoms with Gasteiger partial charge in [0, 0.05) is 34.3 Å². The molecule has 5 heteroatoms. The Balaban J connectivity index is 2.32. The van der Waals surface area contributed by atoms with Crippen molar-refractivity contribution in [1.82, 2.24) is 4.31 Å². The quantitative estimate of drug-likeness (QED) is 0.665. The Morgan fingerprint density at radius 2 is 2.27 bits per heavy atom. The molecule has 3 nitrogen and oxygen atoms in total. The number of methoxy groups -OCH3 is 1. The molecule has 15 heavy (non-hydrogen) atoms. The molecule has 1 aliphatic rings. The highest BCUT2D eigenvalue weighted by Gasteiger charge is 2.18. The van der Waals surface area contributed by atoms with Crippen LogP contribution in [0.3, 0.4) is 0 Å². The molecule has 0 saturated carbocycles. The fourth-order valence-corrected chi connectivity index (χ4v) is 3.13. The van der Waals surface area contributed by atoms with Crippen LogP contribution in [-0.2, 0) is 13.0 Å². The van der Waals surface area contributed by atoms with Gasteiger partial charge in [-0.3, -0.25) is 0 Å². The maximum atomic E-state index is 9.67. The first-order valence-electron chi connectivity index (χ1n) is 4.67. The van der Waals surface area contributed by atoms with Gasteiger partial charge < -0.3 is 9.84 Å². The van der Waals surface area contributed by atoms with Gasteiger partial charge in [-0.25, -0.2) is 4.31 Å². The third-order valence-corrected chi connectivity index (χ3v) is 4.75. The zero-order valence-corrected chi connectivity index (χ0v) is 11.3. The van der Waals surface area contributed by atoms with Crippen molar-refractivity contribution in [2.75, 3.05) is 13.7 Å². The highest BCUT2D eigenvalue weighted by molar-refractivity contribution is 14.2. The summed E-state index contributed by atoms with van der Waals surface area (Å²) in [5.74, 6) is 0.806. The Kier molecular flexibility index (Phi) is 3.63. The van der Waals surface area contributed by atoms with Crippen molar-refractivity contribution in [1.29, 1.82) is 0 Å². The molecule has 1 heterocycles. The predicted octanol–water partition coefficient (Wildman–Crippen LogP) is 2.76. The first-order chi connectivity index (χ1) is 7.24. The van der Waals surface area contributed by atoms with Crippen molar-refractivity contribution in [3.63, 3.8) is 0 Å². The van der Waals surface area contributed by atoms with Gasteiger partial charge in [0.05, 0.1) is 7.11 Å². The highest BCUT2D eigenvalue weighted by Crippen LogP contribution is 2.34. The van der Waals surface area contributed by atoms with Crippen LogP contribution in [0.2, 0.25) is 0 Å². The molecule has 2 rings (SSSR count). The Hall–Kier alpha value is -0.140. The zero-order valence-electron chi connectivity index (χ0n) is 8.36. The van der Waals surface area contributed by atoms with Crippen LogP contribution in [-0.4, -0.2) is 23.1 Å². The Bertz CT molecular complexity index is 373. The van der Waals surface area contributed by atoms with Gasteiger partial charge in [0.2, 0.25) is 0 Å². The number of aromatic hydroxyl groups is 1. The van der Waals surface area contributed by atoms with Crippen LogP contribution in [0.5, 0.6) is 11.5 Å². The van der Waals surface area contributed by atoms with Crippen LogP contribution in [0.4, 0.5) is 0 Å². The molecule has 0 amide bonds. The van der Waals surface area contributed by atoms with Gasteiger partial charge in [0.1, 0.15) is 0 Å². The number of benzene rings is 1. The second kappa shape index (κ2) is 4.80. The lowest BCUT2D eigenvalue weighted by atomic mass is 10.0. The lowest BCUT2D eigenvalue weighted by Crippen LogP contribution is -2.23. The first kappa shape index (κ1) is 11.3. The average Bonchev–Trinajstić information content (AvgIpc) is 2.27. The summed E-state index contributed by atoms with van der Waals surface area (Å²) in [6.07, 6.45) is 1.02. The zero-order chi connectivity index (χ0) is 10.8. The molecule has 0 radical (unpaired) electrons. The number of phenolic OH excluding ortho intramolecular Hbond substituents is 1. The Morgan fingerprint density at radius 1 is 1.47 bits per heavy atom. The normalized spacial score (nSPS) is 16.1. The molecular formula is C10H12INO2S. The van der Waals surface area contributed by atoms with Crippen LogP contribution in [0.25, 0.3) is 0 Å². The first-order valence-corrected chi connectivity index (χ1v) is 7.98. The summed E-state index contributed by atoms with van der Waals surface area (Å²) in [6.45, 7) is 1.94. The predicted molar refractivity (Wildman–Crippen MR) is 70.4 cm³/mol. The van der Waals surface area contributed by atoms with Crippen molar-refractivity contribution in [2.24, 2.45) is 0 Å². The van der Waals surface area contributed by atoms with Crippen LogP contribution in [0.1, 0.15) is 11.1 Å². The van der Waals surface area contributed by atoms with E-state index in [1.165, 1.54) is 11.1 Å². The largest absolute Gasteiger partial charge is 0.504 e. The molecule has 0 aromatic heterocycles. The molecule has 0 unspecified atom stereocenters. The fourth-order valence-electron chi connectivity index (χ4n) is 1.77. The Morgan fingerprint density at radius 3 is 2.93 bits per heavy atom. The number of nitrogens with zero attached hydrogens (tertiary/aromatic N) is 1. The van der Waals surface area contributed by atoms with Crippen molar-refractivity contribution in [3.8, 4) is 11.5 Å². The second-order valence-electron chi connectivity index (χ2n) is 3.48. The van der Waals surface area contributed by atoms with Crippen LogP contribution >= 0.6 is 30.3 Å². The van der Waals surface area contributed by atoms with Crippen molar-refractivity contribution >= 4 is 30.3 Å². The van der Waals surface area contributed by atoms with Gasteiger partial charge in [0.15, 0.2) is 11.5 Å². The molecule has 0 aliphatic carbocycles. The summed E-state index contributed by atoms with van der Waals surface area (Å²) in [7, 11) is 3.30. The number of phenols is 1. The molecule has 1 aromatic carbocycles. The smallest absolute Gasteiger partial charge is 0.160 e. The Labute approximate surface area is 106 Å². The number of hydrogen-bond acceptors (Lipinski definition) is 4. The van der Waals surface area contributed by atoms with Crippen molar-refractivity contribution < 1.29 is 9.84 Å². The van der Waals surface area contributed by atoms with E-state index < -0.39 is 0 Å². The molecular weight excluding hydrogens is 325 g/mol. The van der Waals surface area contributed by atoms with E-state index in [1.54, 1.807) is 16.2 Å². The molecule has 1 aromatic rings. The molecule has 0 atom stereocenters. The van der Waals surface area contributed by atoms with E-state index in [2.05, 4.69) is 25.5 Å². The molecule has 1 N–H and O–H groups in total. The molecule has 0 fully saturated rings. The van der Waals surface area contributed by atoms with E-state index >= 15 is 0 Å². The van der Waals surface area contributed by atoms with Gasteiger partial charge in [-0.15, -0.1) is 0 Å². The third kappa shape index (κ3) is 2.34. The summed E-state index contributed by atoms with van der Waals surface area (Å²) in [4.78, 5) is 0.